The molecule has 2 rings (SSSR count). The van der Waals surface area contributed by atoms with Crippen molar-refractivity contribution in [1.82, 2.24) is 0 Å². The van der Waals surface area contributed by atoms with E-state index in [1.54, 1.807) is 12.1 Å². The Hall–Kier alpha value is -1.42. The van der Waals surface area contributed by atoms with Crippen LogP contribution in [0, 0.1) is 5.82 Å². The quantitative estimate of drug-likeness (QED) is 0.847. The third-order valence-electron chi connectivity index (χ3n) is 2.24. The highest BCUT2D eigenvalue weighted by atomic mass is 19.1. The van der Waals surface area contributed by atoms with Crippen LogP contribution < -0.4 is 5.73 Å². The highest BCUT2D eigenvalue weighted by molar-refractivity contribution is 5.78. The van der Waals surface area contributed by atoms with Crippen molar-refractivity contribution < 1.29 is 13.2 Å². The van der Waals surface area contributed by atoms with Crippen LogP contribution in [-0.4, -0.2) is 6.54 Å². The number of rotatable bonds is 3. The summed E-state index contributed by atoms with van der Waals surface area (Å²) in [5.41, 5.74) is 5.34. The molecule has 0 radical (unpaired) electrons. The van der Waals surface area contributed by atoms with Crippen LogP contribution in [0.15, 0.2) is 28.7 Å². The Bertz CT molecular complexity index is 467. The van der Waals surface area contributed by atoms with E-state index < -0.39 is 12.0 Å². The fourth-order valence-electron chi connectivity index (χ4n) is 1.49. The van der Waals surface area contributed by atoms with Crippen LogP contribution in [-0.2, 0) is 0 Å². The van der Waals surface area contributed by atoms with Crippen molar-refractivity contribution in [2.75, 3.05) is 6.54 Å². The van der Waals surface area contributed by atoms with Crippen LogP contribution in [0.4, 0.5) is 8.78 Å². The van der Waals surface area contributed by atoms with E-state index in [-0.39, 0.29) is 24.3 Å². The van der Waals surface area contributed by atoms with Gasteiger partial charge in [0.05, 0.1) is 0 Å². The van der Waals surface area contributed by atoms with Crippen molar-refractivity contribution in [3.8, 4) is 0 Å². The molecule has 2 aromatic rings. The summed E-state index contributed by atoms with van der Waals surface area (Å²) in [4.78, 5) is 0. The lowest BCUT2D eigenvalue weighted by atomic mass is 10.2. The van der Waals surface area contributed by atoms with Crippen LogP contribution in [0.3, 0.4) is 0 Å². The summed E-state index contributed by atoms with van der Waals surface area (Å²) in [5, 5.41) is 0.574. The Labute approximate surface area is 85.7 Å². The first kappa shape index (κ1) is 10.1. The molecule has 1 aromatic heterocycles. The van der Waals surface area contributed by atoms with Crippen molar-refractivity contribution >= 4 is 11.0 Å². The molecule has 2 N–H and O–H groups in total. The van der Waals surface area contributed by atoms with E-state index >= 15 is 0 Å². The summed E-state index contributed by atoms with van der Waals surface area (Å²) >= 11 is 0. The zero-order chi connectivity index (χ0) is 10.8. The monoisotopic (exact) mass is 211 g/mol. The number of fused-ring (bicyclic) bond motifs is 1. The normalized spacial score (nSPS) is 13.3. The second kappa shape index (κ2) is 3.98. The highest BCUT2D eigenvalue weighted by Crippen LogP contribution is 2.29. The fraction of sp³-hybridized carbons (Fsp3) is 0.273. The second-order valence-corrected chi connectivity index (χ2v) is 3.35. The van der Waals surface area contributed by atoms with Crippen molar-refractivity contribution in [3.63, 3.8) is 0 Å². The predicted molar refractivity (Wildman–Crippen MR) is 53.7 cm³/mol. The van der Waals surface area contributed by atoms with Crippen molar-refractivity contribution in [1.29, 1.82) is 0 Å². The summed E-state index contributed by atoms with van der Waals surface area (Å²) in [7, 11) is 0. The minimum atomic E-state index is -1.26. The molecule has 0 amide bonds. The van der Waals surface area contributed by atoms with E-state index in [9.17, 15) is 8.78 Å². The first-order valence-corrected chi connectivity index (χ1v) is 4.74. The Morgan fingerprint density at radius 2 is 2.20 bits per heavy atom. The number of hydrogen-bond acceptors (Lipinski definition) is 2. The molecule has 0 aliphatic carbocycles. The maximum absolute atomic E-state index is 13.4. The molecule has 0 aliphatic heterocycles. The number of nitrogens with two attached hydrogens (primary N) is 1. The predicted octanol–water partition coefficient (Wildman–Crippen LogP) is 2.93. The number of alkyl halides is 1. The van der Waals surface area contributed by atoms with Crippen molar-refractivity contribution in [2.45, 2.75) is 12.6 Å². The van der Waals surface area contributed by atoms with Gasteiger partial charge in [-0.1, -0.05) is 12.1 Å². The van der Waals surface area contributed by atoms with Gasteiger partial charge < -0.3 is 10.2 Å². The standard InChI is InChI=1S/C11H11F2NO/c12-8(4-5-14)10-6-7-2-1-3-9(13)11(7)15-10/h1-3,6,8H,4-5,14H2. The average Bonchev–Trinajstić information content (AvgIpc) is 2.63. The van der Waals surface area contributed by atoms with Gasteiger partial charge >= 0.3 is 0 Å². The highest BCUT2D eigenvalue weighted by Gasteiger charge is 2.15. The Kier molecular flexibility index (Phi) is 2.68. The van der Waals surface area contributed by atoms with E-state index in [0.717, 1.165) is 0 Å². The van der Waals surface area contributed by atoms with E-state index in [4.69, 9.17) is 10.2 Å². The number of para-hydroxylation sites is 1. The minimum absolute atomic E-state index is 0.104. The molecule has 1 atom stereocenters. The van der Waals surface area contributed by atoms with Crippen LogP contribution in [0.2, 0.25) is 0 Å². The van der Waals surface area contributed by atoms with Gasteiger partial charge in [0, 0.05) is 5.39 Å². The summed E-state index contributed by atoms with van der Waals surface area (Å²) in [6.45, 7) is 0.237. The smallest absolute Gasteiger partial charge is 0.170 e. The molecule has 0 saturated carbocycles. The number of furan rings is 1. The van der Waals surface area contributed by atoms with E-state index in [2.05, 4.69) is 0 Å². The average molecular weight is 211 g/mol. The summed E-state index contributed by atoms with van der Waals surface area (Å²) < 4.78 is 31.7. The summed E-state index contributed by atoms with van der Waals surface area (Å²) in [6, 6.07) is 6.04. The SMILES string of the molecule is NCCC(F)c1cc2cccc(F)c2o1. The minimum Gasteiger partial charge on any atom is -0.455 e. The largest absolute Gasteiger partial charge is 0.455 e. The fourth-order valence-corrected chi connectivity index (χ4v) is 1.49. The van der Waals surface area contributed by atoms with Crippen LogP contribution in [0.1, 0.15) is 18.4 Å². The van der Waals surface area contributed by atoms with E-state index in [1.807, 2.05) is 0 Å². The topological polar surface area (TPSA) is 39.2 Å². The van der Waals surface area contributed by atoms with Gasteiger partial charge in [-0.15, -0.1) is 0 Å². The summed E-state index contributed by atoms with van der Waals surface area (Å²) in [5.74, 6) is -0.334. The molecule has 0 saturated heterocycles. The number of hydrogen-bond donors (Lipinski definition) is 1. The molecular formula is C11H11F2NO. The molecular weight excluding hydrogens is 200 g/mol. The molecule has 0 aliphatic rings. The molecule has 1 aromatic carbocycles. The molecule has 0 fully saturated rings. The van der Waals surface area contributed by atoms with Gasteiger partial charge in [0.25, 0.3) is 0 Å². The first-order valence-electron chi connectivity index (χ1n) is 4.74. The van der Waals surface area contributed by atoms with Gasteiger partial charge in [0.15, 0.2) is 17.6 Å². The van der Waals surface area contributed by atoms with Gasteiger partial charge in [0.1, 0.15) is 5.76 Å². The van der Waals surface area contributed by atoms with Gasteiger partial charge in [-0.25, -0.2) is 8.78 Å². The number of benzene rings is 1. The molecule has 1 unspecified atom stereocenters. The molecule has 15 heavy (non-hydrogen) atoms. The molecule has 0 bridgehead atoms. The van der Waals surface area contributed by atoms with Crippen molar-refractivity contribution in [3.05, 3.63) is 35.8 Å². The zero-order valence-corrected chi connectivity index (χ0v) is 8.04. The van der Waals surface area contributed by atoms with Gasteiger partial charge in [-0.05, 0) is 25.1 Å². The lowest BCUT2D eigenvalue weighted by Crippen LogP contribution is -2.02. The third-order valence-corrected chi connectivity index (χ3v) is 2.24. The zero-order valence-electron chi connectivity index (χ0n) is 8.04. The van der Waals surface area contributed by atoms with Crippen LogP contribution in [0.25, 0.3) is 11.0 Å². The molecule has 0 spiro atoms. The number of halogens is 2. The lowest BCUT2D eigenvalue weighted by molar-refractivity contribution is 0.279. The third kappa shape index (κ3) is 1.85. The first-order chi connectivity index (χ1) is 7.22. The Morgan fingerprint density at radius 1 is 1.40 bits per heavy atom. The van der Waals surface area contributed by atoms with Crippen LogP contribution in [0.5, 0.6) is 0 Å². The van der Waals surface area contributed by atoms with E-state index in [1.165, 1.54) is 12.1 Å². The molecule has 1 heterocycles. The second-order valence-electron chi connectivity index (χ2n) is 3.35. The Balaban J connectivity index is 2.43. The Morgan fingerprint density at radius 3 is 2.87 bits per heavy atom. The van der Waals surface area contributed by atoms with E-state index in [0.29, 0.717) is 5.39 Å². The summed E-state index contributed by atoms with van der Waals surface area (Å²) in [6.07, 6.45) is -1.08. The maximum Gasteiger partial charge on any atom is 0.170 e. The maximum atomic E-state index is 13.4. The molecule has 80 valence electrons. The lowest BCUT2D eigenvalue weighted by Gasteiger charge is -2.00. The van der Waals surface area contributed by atoms with Gasteiger partial charge in [0.2, 0.25) is 0 Å². The van der Waals surface area contributed by atoms with Crippen LogP contribution >= 0.6 is 0 Å². The van der Waals surface area contributed by atoms with Gasteiger partial charge in [-0.3, -0.25) is 0 Å². The molecule has 4 heteroatoms. The van der Waals surface area contributed by atoms with Crippen molar-refractivity contribution in [2.24, 2.45) is 5.73 Å². The van der Waals surface area contributed by atoms with Gasteiger partial charge in [-0.2, -0.15) is 0 Å². The molecule has 2 nitrogen and oxygen atoms in total.